The molecular weight excluding hydrogens is 116 g/mol. The molecule has 0 amide bonds. The van der Waals surface area contributed by atoms with Crippen LogP contribution in [0.25, 0.3) is 0 Å². The van der Waals surface area contributed by atoms with Gasteiger partial charge in [-0.15, -0.1) is 0 Å². The number of rotatable bonds is 2. The average molecular weight is 128 g/mol. The minimum absolute atomic E-state index is 0.139. The van der Waals surface area contributed by atoms with Crippen LogP contribution in [0.2, 0.25) is 0 Å². The molecule has 9 heavy (non-hydrogen) atoms. The smallest absolute Gasteiger partial charge is 0.184 e. The first kappa shape index (κ1) is 5.69. The number of hydrogen-bond acceptors (Lipinski definition) is 2. The molecule has 1 saturated heterocycles. The van der Waals surface area contributed by atoms with Crippen molar-refractivity contribution in [3.05, 3.63) is 0 Å². The Balaban J connectivity index is 1.69. The highest BCUT2D eigenvalue weighted by Gasteiger charge is 2.44. The third-order valence-corrected chi connectivity index (χ3v) is 2.00. The summed E-state index contributed by atoms with van der Waals surface area (Å²) in [6, 6.07) is 0. The van der Waals surface area contributed by atoms with Crippen LogP contribution in [0.5, 0.6) is 0 Å². The van der Waals surface area contributed by atoms with Gasteiger partial charge in [0.2, 0.25) is 0 Å². The maximum absolute atomic E-state index is 5.47. The Morgan fingerprint density at radius 1 is 1.44 bits per heavy atom. The molecule has 0 bridgehead atoms. The Hall–Kier alpha value is -0.0800. The molecule has 2 rings (SSSR count). The van der Waals surface area contributed by atoms with Crippen LogP contribution in [0, 0.1) is 5.92 Å². The van der Waals surface area contributed by atoms with E-state index in [0.29, 0.717) is 12.2 Å². The van der Waals surface area contributed by atoms with Crippen LogP contribution >= 0.6 is 0 Å². The fourth-order valence-electron chi connectivity index (χ4n) is 0.959. The SMILES string of the molecule is CC1CC1OC1OC1C. The Morgan fingerprint density at radius 3 is 2.33 bits per heavy atom. The lowest BCUT2D eigenvalue weighted by molar-refractivity contribution is 0.0318. The molecule has 2 nitrogen and oxygen atoms in total. The van der Waals surface area contributed by atoms with E-state index >= 15 is 0 Å². The van der Waals surface area contributed by atoms with Gasteiger partial charge in [-0.2, -0.15) is 0 Å². The lowest BCUT2D eigenvalue weighted by Crippen LogP contribution is -2.00. The van der Waals surface area contributed by atoms with Crippen LogP contribution in [0.3, 0.4) is 0 Å². The first-order chi connectivity index (χ1) is 4.27. The molecular formula is C7H12O2. The first-order valence-electron chi connectivity index (χ1n) is 3.58. The van der Waals surface area contributed by atoms with Gasteiger partial charge in [-0.3, -0.25) is 0 Å². The van der Waals surface area contributed by atoms with Gasteiger partial charge in [0.05, 0.1) is 6.10 Å². The van der Waals surface area contributed by atoms with Gasteiger partial charge >= 0.3 is 0 Å². The first-order valence-corrected chi connectivity index (χ1v) is 3.58. The standard InChI is InChI=1S/C7H12O2/c1-4-3-6(4)9-7-5(2)8-7/h4-7H,3H2,1-2H3. The second kappa shape index (κ2) is 1.70. The van der Waals surface area contributed by atoms with Crippen LogP contribution in [-0.4, -0.2) is 18.5 Å². The third kappa shape index (κ3) is 1.10. The highest BCUT2D eigenvalue weighted by atomic mass is 16.8. The molecule has 4 unspecified atom stereocenters. The van der Waals surface area contributed by atoms with E-state index in [9.17, 15) is 0 Å². The number of ether oxygens (including phenoxy) is 2. The summed E-state index contributed by atoms with van der Waals surface area (Å²) in [5, 5.41) is 0. The summed E-state index contributed by atoms with van der Waals surface area (Å²) in [6.07, 6.45) is 2.24. The van der Waals surface area contributed by atoms with E-state index < -0.39 is 0 Å². The van der Waals surface area contributed by atoms with E-state index in [2.05, 4.69) is 6.92 Å². The van der Waals surface area contributed by atoms with Crippen LogP contribution in [0.4, 0.5) is 0 Å². The molecule has 1 aliphatic carbocycles. The highest BCUT2D eigenvalue weighted by Crippen LogP contribution is 2.37. The predicted molar refractivity (Wildman–Crippen MR) is 33.0 cm³/mol. The summed E-state index contributed by atoms with van der Waals surface area (Å²) in [7, 11) is 0. The van der Waals surface area contributed by atoms with Gasteiger partial charge in [0.1, 0.15) is 6.10 Å². The molecule has 4 atom stereocenters. The van der Waals surface area contributed by atoms with Crippen molar-refractivity contribution in [3.8, 4) is 0 Å². The van der Waals surface area contributed by atoms with Gasteiger partial charge in [-0.25, -0.2) is 0 Å². The molecule has 0 aromatic heterocycles. The van der Waals surface area contributed by atoms with Gasteiger partial charge in [0.25, 0.3) is 0 Å². The highest BCUT2D eigenvalue weighted by molar-refractivity contribution is 4.86. The van der Waals surface area contributed by atoms with Gasteiger partial charge < -0.3 is 9.47 Å². The van der Waals surface area contributed by atoms with Crippen LogP contribution in [-0.2, 0) is 9.47 Å². The van der Waals surface area contributed by atoms with Crippen molar-refractivity contribution in [1.82, 2.24) is 0 Å². The summed E-state index contributed by atoms with van der Waals surface area (Å²) in [4.78, 5) is 0. The van der Waals surface area contributed by atoms with Crippen LogP contribution in [0.15, 0.2) is 0 Å². The zero-order valence-corrected chi connectivity index (χ0v) is 5.83. The average Bonchev–Trinajstić information content (AvgIpc) is 2.59. The van der Waals surface area contributed by atoms with Crippen LogP contribution < -0.4 is 0 Å². The third-order valence-electron chi connectivity index (χ3n) is 2.00. The maximum atomic E-state index is 5.47. The summed E-state index contributed by atoms with van der Waals surface area (Å²) in [5.74, 6) is 0.779. The Kier molecular flexibility index (Phi) is 1.08. The van der Waals surface area contributed by atoms with Crippen molar-refractivity contribution in [1.29, 1.82) is 0 Å². The largest absolute Gasteiger partial charge is 0.346 e. The lowest BCUT2D eigenvalue weighted by atomic mass is 10.5. The number of hydrogen-bond donors (Lipinski definition) is 0. The molecule has 2 fully saturated rings. The Bertz CT molecular complexity index is 110. The van der Waals surface area contributed by atoms with E-state index in [-0.39, 0.29) is 6.29 Å². The lowest BCUT2D eigenvalue weighted by Gasteiger charge is -1.93. The topological polar surface area (TPSA) is 21.8 Å². The maximum Gasteiger partial charge on any atom is 0.184 e. The van der Waals surface area contributed by atoms with Gasteiger partial charge in [0, 0.05) is 0 Å². The Morgan fingerprint density at radius 2 is 2.00 bits per heavy atom. The molecule has 0 N–H and O–H groups in total. The Labute approximate surface area is 55.1 Å². The van der Waals surface area contributed by atoms with Crippen molar-refractivity contribution in [2.45, 2.75) is 38.8 Å². The molecule has 1 aliphatic heterocycles. The van der Waals surface area contributed by atoms with Crippen molar-refractivity contribution in [2.24, 2.45) is 5.92 Å². The molecule has 1 saturated carbocycles. The van der Waals surface area contributed by atoms with Crippen molar-refractivity contribution < 1.29 is 9.47 Å². The quantitative estimate of drug-likeness (QED) is 0.520. The van der Waals surface area contributed by atoms with Gasteiger partial charge in [0.15, 0.2) is 6.29 Å². The van der Waals surface area contributed by atoms with E-state index in [0.717, 1.165) is 5.92 Å². The monoisotopic (exact) mass is 128 g/mol. The molecule has 2 heteroatoms. The minimum Gasteiger partial charge on any atom is -0.346 e. The van der Waals surface area contributed by atoms with E-state index in [1.807, 2.05) is 6.92 Å². The van der Waals surface area contributed by atoms with E-state index in [4.69, 9.17) is 9.47 Å². The molecule has 0 aromatic rings. The summed E-state index contributed by atoms with van der Waals surface area (Å²) < 4.78 is 10.6. The van der Waals surface area contributed by atoms with E-state index in [1.165, 1.54) is 6.42 Å². The zero-order valence-electron chi connectivity index (χ0n) is 5.83. The van der Waals surface area contributed by atoms with E-state index in [1.54, 1.807) is 0 Å². The van der Waals surface area contributed by atoms with Crippen molar-refractivity contribution >= 4 is 0 Å². The minimum atomic E-state index is 0.139. The second-order valence-electron chi connectivity index (χ2n) is 3.10. The van der Waals surface area contributed by atoms with Gasteiger partial charge in [-0.1, -0.05) is 6.92 Å². The summed E-state index contributed by atoms with van der Waals surface area (Å²) in [5.41, 5.74) is 0. The molecule has 0 aromatic carbocycles. The summed E-state index contributed by atoms with van der Waals surface area (Å²) in [6.45, 7) is 4.25. The summed E-state index contributed by atoms with van der Waals surface area (Å²) >= 11 is 0. The predicted octanol–water partition coefficient (Wildman–Crippen LogP) is 1.16. The van der Waals surface area contributed by atoms with Crippen molar-refractivity contribution in [3.63, 3.8) is 0 Å². The molecule has 0 radical (unpaired) electrons. The zero-order chi connectivity index (χ0) is 6.43. The normalized spacial score (nSPS) is 55.3. The number of epoxide rings is 1. The molecule has 1 heterocycles. The van der Waals surface area contributed by atoms with Crippen molar-refractivity contribution in [2.75, 3.05) is 0 Å². The fraction of sp³-hybridized carbons (Fsp3) is 1.00. The fourth-order valence-corrected chi connectivity index (χ4v) is 0.959. The molecule has 0 spiro atoms. The molecule has 2 aliphatic rings. The molecule has 52 valence electrons. The second-order valence-corrected chi connectivity index (χ2v) is 3.10. The van der Waals surface area contributed by atoms with Gasteiger partial charge in [-0.05, 0) is 19.3 Å². The van der Waals surface area contributed by atoms with Crippen LogP contribution in [0.1, 0.15) is 20.3 Å².